The van der Waals surface area contributed by atoms with Gasteiger partial charge in [-0.15, -0.1) is 0 Å². The highest BCUT2D eigenvalue weighted by Crippen LogP contribution is 2.03. The molecule has 0 heterocycles. The van der Waals surface area contributed by atoms with Gasteiger partial charge in [-0.3, -0.25) is 4.79 Å². The van der Waals surface area contributed by atoms with Crippen LogP contribution in [0.4, 0.5) is 0 Å². The molecule has 4 nitrogen and oxygen atoms in total. The van der Waals surface area contributed by atoms with Crippen molar-refractivity contribution in [3.05, 3.63) is 35.9 Å². The molecule has 1 aromatic carbocycles. The van der Waals surface area contributed by atoms with Crippen LogP contribution in [0, 0.1) is 0 Å². The predicted molar refractivity (Wildman–Crippen MR) is 58.2 cm³/mol. The van der Waals surface area contributed by atoms with E-state index >= 15 is 0 Å². The molecule has 0 aliphatic heterocycles. The first-order valence-electron chi connectivity index (χ1n) is 4.47. The molecule has 82 valence electrons. The summed E-state index contributed by atoms with van der Waals surface area (Å²) in [6.45, 7) is 1.52. The van der Waals surface area contributed by atoms with Gasteiger partial charge < -0.3 is 0 Å². The minimum absolute atomic E-state index is 0.235. The Kier molecular flexibility index (Phi) is 3.60. The standard InChI is InChI=1S/C10H13NO3S/c1-8(11-15(2,13)14)10(12)9-6-4-3-5-7-9/h3-8,11H,1-2H3. The van der Waals surface area contributed by atoms with E-state index in [1.807, 2.05) is 0 Å². The summed E-state index contributed by atoms with van der Waals surface area (Å²) in [4.78, 5) is 11.7. The summed E-state index contributed by atoms with van der Waals surface area (Å²) < 4.78 is 24.1. The number of hydrogen-bond donors (Lipinski definition) is 1. The van der Waals surface area contributed by atoms with Crippen molar-refractivity contribution in [3.8, 4) is 0 Å². The molecule has 1 aromatic rings. The summed E-state index contributed by atoms with van der Waals surface area (Å²) in [6, 6.07) is 7.85. The molecule has 0 spiro atoms. The lowest BCUT2D eigenvalue weighted by Crippen LogP contribution is -2.37. The number of carbonyl (C=O) groups excluding carboxylic acids is 1. The van der Waals surface area contributed by atoms with E-state index in [9.17, 15) is 13.2 Å². The molecule has 0 saturated carbocycles. The molecule has 0 aliphatic rings. The first kappa shape index (κ1) is 11.9. The molecule has 0 amide bonds. The number of nitrogens with one attached hydrogen (secondary N) is 1. The molecule has 0 aliphatic carbocycles. The third-order valence-electron chi connectivity index (χ3n) is 1.84. The third-order valence-corrected chi connectivity index (χ3v) is 2.62. The average molecular weight is 227 g/mol. The molecule has 15 heavy (non-hydrogen) atoms. The Bertz CT molecular complexity index is 439. The van der Waals surface area contributed by atoms with Crippen molar-refractivity contribution in [1.82, 2.24) is 4.72 Å². The Balaban J connectivity index is 2.79. The van der Waals surface area contributed by atoms with E-state index in [1.54, 1.807) is 30.3 Å². The first-order chi connectivity index (χ1) is 6.90. The summed E-state index contributed by atoms with van der Waals surface area (Å²) in [5, 5.41) is 0. The van der Waals surface area contributed by atoms with Crippen molar-refractivity contribution < 1.29 is 13.2 Å². The Morgan fingerprint density at radius 2 is 1.80 bits per heavy atom. The summed E-state index contributed by atoms with van der Waals surface area (Å²) in [5.41, 5.74) is 0.501. The Morgan fingerprint density at radius 1 is 1.27 bits per heavy atom. The van der Waals surface area contributed by atoms with Crippen molar-refractivity contribution in [3.63, 3.8) is 0 Å². The molecule has 0 aromatic heterocycles. The van der Waals surface area contributed by atoms with Gasteiger partial charge in [0, 0.05) is 5.56 Å². The molecule has 0 saturated heterocycles. The van der Waals surface area contributed by atoms with Crippen LogP contribution in [-0.2, 0) is 10.0 Å². The highest BCUT2D eigenvalue weighted by Gasteiger charge is 2.17. The number of hydrogen-bond acceptors (Lipinski definition) is 3. The number of rotatable bonds is 4. The predicted octanol–water partition coefficient (Wildman–Crippen LogP) is 0.807. The van der Waals surface area contributed by atoms with Gasteiger partial charge in [0.05, 0.1) is 12.3 Å². The topological polar surface area (TPSA) is 63.2 Å². The fourth-order valence-electron chi connectivity index (χ4n) is 1.23. The first-order valence-corrected chi connectivity index (χ1v) is 6.36. The van der Waals surface area contributed by atoms with Crippen molar-refractivity contribution in [2.45, 2.75) is 13.0 Å². The van der Waals surface area contributed by atoms with Crippen LogP contribution in [0.5, 0.6) is 0 Å². The van der Waals surface area contributed by atoms with Gasteiger partial charge in [0.2, 0.25) is 10.0 Å². The van der Waals surface area contributed by atoms with Crippen molar-refractivity contribution in [2.75, 3.05) is 6.26 Å². The van der Waals surface area contributed by atoms with Gasteiger partial charge in [-0.2, -0.15) is 0 Å². The SMILES string of the molecule is CC(NS(C)(=O)=O)C(=O)c1ccccc1. The number of ketones is 1. The summed E-state index contributed by atoms with van der Waals surface area (Å²) in [6.07, 6.45) is 1.03. The zero-order chi connectivity index (χ0) is 11.5. The van der Waals surface area contributed by atoms with Crippen molar-refractivity contribution in [2.24, 2.45) is 0 Å². The zero-order valence-electron chi connectivity index (χ0n) is 8.60. The number of carbonyl (C=O) groups is 1. The molecule has 5 heteroatoms. The number of sulfonamides is 1. The molecule has 1 rings (SSSR count). The summed E-state index contributed by atoms with van der Waals surface area (Å²) in [5.74, 6) is -0.235. The maximum Gasteiger partial charge on any atom is 0.209 e. The van der Waals surface area contributed by atoms with Crippen LogP contribution in [0.2, 0.25) is 0 Å². The smallest absolute Gasteiger partial charge is 0.209 e. The van der Waals surface area contributed by atoms with E-state index in [0.717, 1.165) is 6.26 Å². The second kappa shape index (κ2) is 4.55. The van der Waals surface area contributed by atoms with Crippen molar-refractivity contribution >= 4 is 15.8 Å². The highest BCUT2D eigenvalue weighted by molar-refractivity contribution is 7.88. The van der Waals surface area contributed by atoms with Crippen LogP contribution in [0.3, 0.4) is 0 Å². The monoisotopic (exact) mass is 227 g/mol. The van der Waals surface area contributed by atoms with E-state index in [2.05, 4.69) is 4.72 Å². The van der Waals surface area contributed by atoms with Gasteiger partial charge >= 0.3 is 0 Å². The normalized spacial score (nSPS) is 13.5. The van der Waals surface area contributed by atoms with Crippen LogP contribution >= 0.6 is 0 Å². The van der Waals surface area contributed by atoms with Gasteiger partial charge in [0.25, 0.3) is 0 Å². The lowest BCUT2D eigenvalue weighted by Gasteiger charge is -2.10. The molecular formula is C10H13NO3S. The van der Waals surface area contributed by atoms with E-state index < -0.39 is 16.1 Å². The summed E-state index contributed by atoms with van der Waals surface area (Å²) >= 11 is 0. The Morgan fingerprint density at radius 3 is 2.27 bits per heavy atom. The molecular weight excluding hydrogens is 214 g/mol. The van der Waals surface area contributed by atoms with Crippen LogP contribution in [0.15, 0.2) is 30.3 Å². The van der Waals surface area contributed by atoms with Gasteiger partial charge in [-0.1, -0.05) is 30.3 Å². The van der Waals surface area contributed by atoms with Gasteiger partial charge in [0.15, 0.2) is 5.78 Å². The largest absolute Gasteiger partial charge is 0.292 e. The van der Waals surface area contributed by atoms with Crippen LogP contribution < -0.4 is 4.72 Å². The van der Waals surface area contributed by atoms with Gasteiger partial charge in [-0.25, -0.2) is 13.1 Å². The maximum atomic E-state index is 11.7. The highest BCUT2D eigenvalue weighted by atomic mass is 32.2. The lowest BCUT2D eigenvalue weighted by molar-refractivity contribution is 0.0961. The Labute approximate surface area is 89.4 Å². The third kappa shape index (κ3) is 3.81. The fourth-order valence-corrected chi connectivity index (χ4v) is 1.98. The van der Waals surface area contributed by atoms with Crippen molar-refractivity contribution in [1.29, 1.82) is 0 Å². The van der Waals surface area contributed by atoms with E-state index in [1.165, 1.54) is 6.92 Å². The van der Waals surface area contributed by atoms with Crippen LogP contribution in [0.25, 0.3) is 0 Å². The molecule has 0 bridgehead atoms. The molecule has 1 atom stereocenters. The second-order valence-corrected chi connectivity index (χ2v) is 5.12. The molecule has 0 fully saturated rings. The molecule has 1 N–H and O–H groups in total. The average Bonchev–Trinajstić information content (AvgIpc) is 2.15. The maximum absolute atomic E-state index is 11.7. The number of benzene rings is 1. The quantitative estimate of drug-likeness (QED) is 0.774. The lowest BCUT2D eigenvalue weighted by atomic mass is 10.1. The Hall–Kier alpha value is -1.20. The van der Waals surface area contributed by atoms with E-state index in [4.69, 9.17) is 0 Å². The summed E-state index contributed by atoms with van der Waals surface area (Å²) in [7, 11) is -3.35. The minimum Gasteiger partial charge on any atom is -0.292 e. The van der Waals surface area contributed by atoms with E-state index in [0.29, 0.717) is 5.56 Å². The molecule has 1 unspecified atom stereocenters. The fraction of sp³-hybridized carbons (Fsp3) is 0.300. The van der Waals surface area contributed by atoms with Gasteiger partial charge in [0.1, 0.15) is 0 Å². The second-order valence-electron chi connectivity index (χ2n) is 3.34. The zero-order valence-corrected chi connectivity index (χ0v) is 9.41. The van der Waals surface area contributed by atoms with Gasteiger partial charge in [-0.05, 0) is 6.92 Å². The molecule has 0 radical (unpaired) electrons. The van der Waals surface area contributed by atoms with E-state index in [-0.39, 0.29) is 5.78 Å². The minimum atomic E-state index is -3.35. The van der Waals surface area contributed by atoms with Crippen LogP contribution in [0.1, 0.15) is 17.3 Å². The number of Topliss-reactive ketones (excluding diaryl/α,β-unsaturated/α-hetero) is 1. The van der Waals surface area contributed by atoms with Crippen LogP contribution in [-0.4, -0.2) is 26.5 Å².